The molecule has 1 aromatic rings. The van der Waals surface area contributed by atoms with Crippen molar-refractivity contribution in [2.75, 3.05) is 13.1 Å². The summed E-state index contributed by atoms with van der Waals surface area (Å²) in [6.45, 7) is 3.95. The average Bonchev–Trinajstić information content (AvgIpc) is 2.40. The molecule has 0 saturated carbocycles. The minimum Gasteiger partial charge on any atom is -0.317 e. The lowest BCUT2D eigenvalue weighted by Crippen LogP contribution is -2.37. The first-order valence-corrected chi connectivity index (χ1v) is 6.45. The molecule has 98 valence electrons. The molecule has 1 aliphatic rings. The molecule has 18 heavy (non-hydrogen) atoms. The minimum absolute atomic E-state index is 0.0858. The molecule has 1 amide bonds. The number of piperidine rings is 1. The van der Waals surface area contributed by atoms with Crippen LogP contribution in [0.4, 0.5) is 0 Å². The van der Waals surface area contributed by atoms with Crippen molar-refractivity contribution in [1.82, 2.24) is 10.8 Å². The first kappa shape index (κ1) is 13.1. The zero-order valence-electron chi connectivity index (χ0n) is 10.7. The number of hydroxylamine groups is 1. The monoisotopic (exact) mass is 248 g/mol. The van der Waals surface area contributed by atoms with E-state index in [1.807, 2.05) is 31.2 Å². The van der Waals surface area contributed by atoms with Crippen molar-refractivity contribution in [2.45, 2.75) is 32.3 Å². The van der Waals surface area contributed by atoms with Gasteiger partial charge in [0, 0.05) is 0 Å². The molecule has 0 spiro atoms. The summed E-state index contributed by atoms with van der Waals surface area (Å²) < 4.78 is 0. The van der Waals surface area contributed by atoms with Crippen LogP contribution in [-0.2, 0) is 16.1 Å². The second-order valence-electron chi connectivity index (χ2n) is 4.75. The van der Waals surface area contributed by atoms with Gasteiger partial charge >= 0.3 is 0 Å². The van der Waals surface area contributed by atoms with Crippen molar-refractivity contribution in [1.29, 1.82) is 0 Å². The molecule has 0 bridgehead atoms. The Bertz CT molecular complexity index is 383. The van der Waals surface area contributed by atoms with Gasteiger partial charge in [0.25, 0.3) is 0 Å². The summed E-state index contributed by atoms with van der Waals surface area (Å²) in [7, 11) is 0. The number of nitrogens with one attached hydrogen (secondary N) is 2. The van der Waals surface area contributed by atoms with E-state index in [9.17, 15) is 4.79 Å². The molecular formula is C14H20N2O2. The second kappa shape index (κ2) is 6.52. The molecule has 1 heterocycles. The Morgan fingerprint density at radius 2 is 2.00 bits per heavy atom. The molecule has 0 aliphatic carbocycles. The van der Waals surface area contributed by atoms with Crippen LogP contribution in [0.2, 0.25) is 0 Å². The van der Waals surface area contributed by atoms with Crippen LogP contribution in [-0.4, -0.2) is 25.1 Å². The summed E-state index contributed by atoms with van der Waals surface area (Å²) in [6.07, 6.45) is 2.41. The zero-order valence-corrected chi connectivity index (χ0v) is 10.7. The number of hydrogen-bond donors (Lipinski definition) is 2. The lowest BCUT2D eigenvalue weighted by Gasteiger charge is -2.22. The molecule has 4 heteroatoms. The van der Waals surface area contributed by atoms with E-state index in [4.69, 9.17) is 4.84 Å². The molecule has 0 atom stereocenters. The Hall–Kier alpha value is -1.39. The third kappa shape index (κ3) is 4.13. The maximum Gasteiger partial charge on any atom is 0.247 e. The van der Waals surface area contributed by atoms with Gasteiger partial charge in [-0.2, -0.15) is 0 Å². The van der Waals surface area contributed by atoms with Crippen molar-refractivity contribution in [3.63, 3.8) is 0 Å². The van der Waals surface area contributed by atoms with E-state index in [0.717, 1.165) is 31.5 Å². The van der Waals surface area contributed by atoms with Crippen molar-refractivity contribution in [3.8, 4) is 0 Å². The Morgan fingerprint density at radius 3 is 2.67 bits per heavy atom. The quantitative estimate of drug-likeness (QED) is 0.791. The fourth-order valence-electron chi connectivity index (χ4n) is 1.99. The van der Waals surface area contributed by atoms with E-state index in [0.29, 0.717) is 6.42 Å². The predicted octanol–water partition coefficient (Wildman–Crippen LogP) is 1.34. The predicted molar refractivity (Wildman–Crippen MR) is 70.0 cm³/mol. The number of hydrogen-bond acceptors (Lipinski definition) is 3. The van der Waals surface area contributed by atoms with E-state index >= 15 is 0 Å². The van der Waals surface area contributed by atoms with Crippen LogP contribution < -0.4 is 10.8 Å². The highest BCUT2D eigenvalue weighted by atomic mass is 16.7. The topological polar surface area (TPSA) is 50.4 Å². The Balaban J connectivity index is 1.73. The molecule has 1 aliphatic heterocycles. The van der Waals surface area contributed by atoms with E-state index in [2.05, 4.69) is 10.8 Å². The van der Waals surface area contributed by atoms with Gasteiger partial charge in [0.15, 0.2) is 0 Å². The normalized spacial score (nSPS) is 16.5. The number of rotatable bonds is 4. The minimum atomic E-state index is -0.0858. The average molecular weight is 248 g/mol. The Kier molecular flexibility index (Phi) is 4.73. The maximum absolute atomic E-state index is 11.7. The van der Waals surface area contributed by atoms with E-state index in [-0.39, 0.29) is 12.0 Å². The third-order valence-electron chi connectivity index (χ3n) is 3.11. The van der Waals surface area contributed by atoms with Gasteiger partial charge in [-0.3, -0.25) is 9.63 Å². The molecule has 1 fully saturated rings. The molecule has 2 rings (SSSR count). The van der Waals surface area contributed by atoms with E-state index in [1.54, 1.807) is 0 Å². The molecule has 4 nitrogen and oxygen atoms in total. The maximum atomic E-state index is 11.7. The van der Waals surface area contributed by atoms with Gasteiger partial charge in [-0.15, -0.1) is 0 Å². The standard InChI is InChI=1S/C14H20N2O2/c1-11-2-4-12(5-3-11)10-14(17)16-18-13-6-8-15-9-7-13/h2-5,13,15H,6-10H2,1H3,(H,16,17). The van der Waals surface area contributed by atoms with Gasteiger partial charge in [-0.05, 0) is 38.4 Å². The lowest BCUT2D eigenvalue weighted by atomic mass is 10.1. The highest BCUT2D eigenvalue weighted by Crippen LogP contribution is 2.06. The van der Waals surface area contributed by atoms with Crippen LogP contribution in [0.3, 0.4) is 0 Å². The number of carbonyl (C=O) groups excluding carboxylic acids is 1. The van der Waals surface area contributed by atoms with Gasteiger partial charge < -0.3 is 5.32 Å². The van der Waals surface area contributed by atoms with Gasteiger partial charge in [0.05, 0.1) is 12.5 Å². The summed E-state index contributed by atoms with van der Waals surface area (Å²) >= 11 is 0. The van der Waals surface area contributed by atoms with Crippen molar-refractivity contribution in [2.24, 2.45) is 0 Å². The highest BCUT2D eigenvalue weighted by molar-refractivity contribution is 5.77. The molecule has 0 aromatic heterocycles. The Morgan fingerprint density at radius 1 is 1.33 bits per heavy atom. The highest BCUT2D eigenvalue weighted by Gasteiger charge is 2.14. The SMILES string of the molecule is Cc1ccc(CC(=O)NOC2CCNCC2)cc1. The first-order valence-electron chi connectivity index (χ1n) is 6.45. The summed E-state index contributed by atoms with van der Waals surface area (Å²) in [5.74, 6) is -0.0858. The number of amides is 1. The molecule has 1 saturated heterocycles. The van der Waals surface area contributed by atoms with Crippen molar-refractivity contribution >= 4 is 5.91 Å². The summed E-state index contributed by atoms with van der Waals surface area (Å²) in [6, 6.07) is 7.96. The van der Waals surface area contributed by atoms with Gasteiger partial charge in [-0.1, -0.05) is 29.8 Å². The molecular weight excluding hydrogens is 228 g/mol. The van der Waals surface area contributed by atoms with E-state index in [1.165, 1.54) is 5.56 Å². The fraction of sp³-hybridized carbons (Fsp3) is 0.500. The van der Waals surface area contributed by atoms with Crippen LogP contribution in [0.15, 0.2) is 24.3 Å². The van der Waals surface area contributed by atoms with Gasteiger partial charge in [-0.25, -0.2) is 5.48 Å². The van der Waals surface area contributed by atoms with Gasteiger partial charge in [0.2, 0.25) is 5.91 Å². The van der Waals surface area contributed by atoms with Crippen LogP contribution >= 0.6 is 0 Å². The summed E-state index contributed by atoms with van der Waals surface area (Å²) in [5, 5.41) is 3.25. The van der Waals surface area contributed by atoms with Crippen LogP contribution in [0, 0.1) is 6.92 Å². The first-order chi connectivity index (χ1) is 8.74. The van der Waals surface area contributed by atoms with Gasteiger partial charge in [0.1, 0.15) is 0 Å². The zero-order chi connectivity index (χ0) is 12.8. The summed E-state index contributed by atoms with van der Waals surface area (Å²) in [5.41, 5.74) is 4.75. The smallest absolute Gasteiger partial charge is 0.247 e. The molecule has 0 unspecified atom stereocenters. The van der Waals surface area contributed by atoms with E-state index < -0.39 is 0 Å². The van der Waals surface area contributed by atoms with Crippen LogP contribution in [0.1, 0.15) is 24.0 Å². The Labute approximate surface area is 108 Å². The fourth-order valence-corrected chi connectivity index (χ4v) is 1.99. The summed E-state index contributed by atoms with van der Waals surface area (Å²) in [4.78, 5) is 17.1. The van der Waals surface area contributed by atoms with Crippen LogP contribution in [0.5, 0.6) is 0 Å². The second-order valence-corrected chi connectivity index (χ2v) is 4.75. The largest absolute Gasteiger partial charge is 0.317 e. The number of aryl methyl sites for hydroxylation is 1. The number of carbonyl (C=O) groups is 1. The molecule has 2 N–H and O–H groups in total. The van der Waals surface area contributed by atoms with Crippen LogP contribution in [0.25, 0.3) is 0 Å². The lowest BCUT2D eigenvalue weighted by molar-refractivity contribution is -0.139. The molecule has 0 radical (unpaired) electrons. The molecule has 1 aromatic carbocycles. The third-order valence-corrected chi connectivity index (χ3v) is 3.11. The van der Waals surface area contributed by atoms with Crippen molar-refractivity contribution < 1.29 is 9.63 Å². The van der Waals surface area contributed by atoms with Crippen molar-refractivity contribution in [3.05, 3.63) is 35.4 Å². The number of benzene rings is 1.